The topological polar surface area (TPSA) is 90.4 Å². The van der Waals surface area contributed by atoms with E-state index in [0.29, 0.717) is 30.1 Å². The van der Waals surface area contributed by atoms with Crippen molar-refractivity contribution in [3.8, 4) is 0 Å². The maximum absolute atomic E-state index is 11.3. The highest BCUT2D eigenvalue weighted by Gasteiger charge is 2.18. The van der Waals surface area contributed by atoms with Crippen LogP contribution in [0.15, 0.2) is 18.2 Å². The van der Waals surface area contributed by atoms with Gasteiger partial charge in [-0.3, -0.25) is 4.79 Å². The van der Waals surface area contributed by atoms with Gasteiger partial charge < -0.3 is 21.5 Å². The first-order valence-electron chi connectivity index (χ1n) is 5.93. The van der Waals surface area contributed by atoms with Crippen molar-refractivity contribution in [2.75, 3.05) is 24.2 Å². The van der Waals surface area contributed by atoms with Gasteiger partial charge in [-0.25, -0.2) is 0 Å². The van der Waals surface area contributed by atoms with E-state index < -0.39 is 5.91 Å². The van der Waals surface area contributed by atoms with Gasteiger partial charge in [0, 0.05) is 24.5 Å². The number of amides is 1. The molecule has 0 aliphatic carbocycles. The molecule has 0 bridgehead atoms. The van der Waals surface area contributed by atoms with E-state index >= 15 is 0 Å². The summed E-state index contributed by atoms with van der Waals surface area (Å²) in [4.78, 5) is 11.3. The lowest BCUT2D eigenvalue weighted by molar-refractivity contribution is 0.000679. The van der Waals surface area contributed by atoms with Crippen LogP contribution in [0.2, 0.25) is 0 Å². The normalized spacial score (nSPS) is 11.3. The Hall–Kier alpha value is -1.75. The van der Waals surface area contributed by atoms with Crippen molar-refractivity contribution >= 4 is 17.3 Å². The van der Waals surface area contributed by atoms with Crippen molar-refractivity contribution in [3.05, 3.63) is 23.8 Å². The Bertz CT molecular complexity index is 430. The van der Waals surface area contributed by atoms with E-state index in [0.717, 1.165) is 0 Å². The van der Waals surface area contributed by atoms with Crippen molar-refractivity contribution < 1.29 is 9.53 Å². The van der Waals surface area contributed by atoms with Crippen LogP contribution >= 0.6 is 0 Å². The van der Waals surface area contributed by atoms with E-state index in [1.54, 1.807) is 18.2 Å². The number of hydrogen-bond acceptors (Lipinski definition) is 4. The van der Waals surface area contributed by atoms with E-state index in [2.05, 4.69) is 5.32 Å². The molecule has 5 nitrogen and oxygen atoms in total. The zero-order valence-electron chi connectivity index (χ0n) is 11.1. The molecule has 0 aliphatic rings. The first-order chi connectivity index (χ1) is 8.35. The number of carbonyl (C=O) groups excluding carboxylic acids is 1. The molecular formula is C13H21N3O2. The minimum absolute atomic E-state index is 0.314. The zero-order valence-corrected chi connectivity index (χ0v) is 11.1. The summed E-state index contributed by atoms with van der Waals surface area (Å²) in [5.41, 5.74) is 12.2. The number of nitrogens with two attached hydrogens (primary N) is 2. The van der Waals surface area contributed by atoms with Gasteiger partial charge in [0.15, 0.2) is 0 Å². The van der Waals surface area contributed by atoms with E-state index in [9.17, 15) is 4.79 Å². The van der Waals surface area contributed by atoms with Crippen molar-refractivity contribution in [2.24, 2.45) is 5.73 Å². The molecule has 1 aromatic rings. The molecule has 0 saturated carbocycles. The summed E-state index contributed by atoms with van der Waals surface area (Å²) < 4.78 is 5.57. The molecule has 0 unspecified atom stereocenters. The molecule has 5 heteroatoms. The highest BCUT2D eigenvalue weighted by molar-refractivity contribution is 5.99. The maximum Gasteiger partial charge on any atom is 0.250 e. The number of anilines is 2. The van der Waals surface area contributed by atoms with E-state index in [1.807, 2.05) is 20.8 Å². The lowest BCUT2D eigenvalue weighted by Crippen LogP contribution is -2.34. The van der Waals surface area contributed by atoms with Gasteiger partial charge in [-0.2, -0.15) is 0 Å². The molecule has 18 heavy (non-hydrogen) atoms. The highest BCUT2D eigenvalue weighted by atomic mass is 16.5. The van der Waals surface area contributed by atoms with Gasteiger partial charge in [-0.05, 0) is 39.0 Å². The molecule has 5 N–H and O–H groups in total. The zero-order chi connectivity index (χ0) is 13.8. The molecule has 0 atom stereocenters. The van der Waals surface area contributed by atoms with Crippen LogP contribution in [0.1, 0.15) is 31.1 Å². The number of hydrogen-bond donors (Lipinski definition) is 3. The maximum atomic E-state index is 11.3. The molecule has 1 amide bonds. The molecule has 0 saturated heterocycles. The van der Waals surface area contributed by atoms with Crippen molar-refractivity contribution in [1.82, 2.24) is 0 Å². The summed E-state index contributed by atoms with van der Waals surface area (Å²) in [5.74, 6) is -0.501. The minimum Gasteiger partial charge on any atom is -0.399 e. The molecule has 0 aromatic heterocycles. The van der Waals surface area contributed by atoms with Crippen LogP contribution in [-0.4, -0.2) is 24.7 Å². The highest BCUT2D eigenvalue weighted by Crippen LogP contribution is 2.20. The average Bonchev–Trinajstić information content (AvgIpc) is 2.27. The average molecular weight is 251 g/mol. The Morgan fingerprint density at radius 3 is 2.67 bits per heavy atom. The summed E-state index contributed by atoms with van der Waals surface area (Å²) >= 11 is 0. The molecule has 0 fully saturated rings. The van der Waals surface area contributed by atoms with Gasteiger partial charge >= 0.3 is 0 Å². The third-order valence-corrected chi connectivity index (χ3v) is 2.55. The fourth-order valence-corrected chi connectivity index (χ4v) is 1.67. The molecule has 0 heterocycles. The number of carbonyl (C=O) groups is 1. The first-order valence-corrected chi connectivity index (χ1v) is 5.93. The van der Waals surface area contributed by atoms with E-state index in [-0.39, 0.29) is 5.60 Å². The molecule has 0 spiro atoms. The Morgan fingerprint density at radius 1 is 1.44 bits per heavy atom. The molecular weight excluding hydrogens is 230 g/mol. The molecule has 1 aromatic carbocycles. The van der Waals surface area contributed by atoms with Crippen LogP contribution in [-0.2, 0) is 4.74 Å². The predicted octanol–water partition coefficient (Wildman–Crippen LogP) is 1.59. The third-order valence-electron chi connectivity index (χ3n) is 2.55. The summed E-state index contributed by atoms with van der Waals surface area (Å²) in [7, 11) is 0. The van der Waals surface area contributed by atoms with Crippen molar-refractivity contribution in [1.29, 1.82) is 0 Å². The number of nitrogens with one attached hydrogen (secondary N) is 1. The summed E-state index contributed by atoms with van der Waals surface area (Å²) in [6.45, 7) is 7.11. The van der Waals surface area contributed by atoms with Gasteiger partial charge in [-0.1, -0.05) is 0 Å². The van der Waals surface area contributed by atoms with Crippen LogP contribution in [0.4, 0.5) is 11.4 Å². The SMILES string of the molecule is CCOC(C)(C)CNc1ccc(N)cc1C(N)=O. The number of benzene rings is 1. The number of primary amides is 1. The van der Waals surface area contributed by atoms with Crippen LogP contribution in [0.3, 0.4) is 0 Å². The largest absolute Gasteiger partial charge is 0.399 e. The second kappa shape index (κ2) is 5.73. The van der Waals surface area contributed by atoms with Gasteiger partial charge in [0.05, 0.1) is 11.2 Å². The third kappa shape index (κ3) is 3.92. The van der Waals surface area contributed by atoms with Gasteiger partial charge in [0.25, 0.3) is 5.91 Å². The fourth-order valence-electron chi connectivity index (χ4n) is 1.67. The van der Waals surface area contributed by atoms with Crippen molar-refractivity contribution in [3.63, 3.8) is 0 Å². The van der Waals surface area contributed by atoms with Gasteiger partial charge in [0.1, 0.15) is 0 Å². The first kappa shape index (κ1) is 14.3. The lowest BCUT2D eigenvalue weighted by atomic mass is 10.1. The van der Waals surface area contributed by atoms with Crippen LogP contribution in [0, 0.1) is 0 Å². The molecule has 100 valence electrons. The van der Waals surface area contributed by atoms with Crippen LogP contribution in [0.5, 0.6) is 0 Å². The standard InChI is InChI=1S/C13H21N3O2/c1-4-18-13(2,3)8-16-11-6-5-9(14)7-10(11)12(15)17/h5-7,16H,4,8,14H2,1-3H3,(H2,15,17). The Morgan fingerprint density at radius 2 is 2.11 bits per heavy atom. The molecule has 1 rings (SSSR count). The molecule has 0 radical (unpaired) electrons. The van der Waals surface area contributed by atoms with E-state index in [1.165, 1.54) is 0 Å². The smallest absolute Gasteiger partial charge is 0.250 e. The van der Waals surface area contributed by atoms with Crippen molar-refractivity contribution in [2.45, 2.75) is 26.4 Å². The second-order valence-electron chi connectivity index (χ2n) is 4.72. The summed E-state index contributed by atoms with van der Waals surface area (Å²) in [6, 6.07) is 5.04. The monoisotopic (exact) mass is 251 g/mol. The Labute approximate surface area is 107 Å². The summed E-state index contributed by atoms with van der Waals surface area (Å²) in [6.07, 6.45) is 0. The fraction of sp³-hybridized carbons (Fsp3) is 0.462. The minimum atomic E-state index is -0.501. The number of nitrogen functional groups attached to an aromatic ring is 1. The number of ether oxygens (including phenoxy) is 1. The lowest BCUT2D eigenvalue weighted by Gasteiger charge is -2.26. The quantitative estimate of drug-likeness (QED) is 0.670. The Balaban J connectivity index is 2.82. The van der Waals surface area contributed by atoms with Crippen LogP contribution < -0.4 is 16.8 Å². The van der Waals surface area contributed by atoms with Gasteiger partial charge in [-0.15, -0.1) is 0 Å². The molecule has 0 aliphatic heterocycles. The number of rotatable bonds is 6. The Kier molecular flexibility index (Phi) is 4.55. The van der Waals surface area contributed by atoms with E-state index in [4.69, 9.17) is 16.2 Å². The second-order valence-corrected chi connectivity index (χ2v) is 4.72. The van der Waals surface area contributed by atoms with Crippen LogP contribution in [0.25, 0.3) is 0 Å². The van der Waals surface area contributed by atoms with Gasteiger partial charge in [0.2, 0.25) is 0 Å². The summed E-state index contributed by atoms with van der Waals surface area (Å²) in [5, 5.41) is 3.17. The predicted molar refractivity (Wildman–Crippen MR) is 73.6 cm³/mol.